The van der Waals surface area contributed by atoms with Crippen LogP contribution in [-0.4, -0.2) is 0 Å². The summed E-state index contributed by atoms with van der Waals surface area (Å²) < 4.78 is 0. The molecule has 0 heteroatoms. The van der Waals surface area contributed by atoms with Crippen molar-refractivity contribution < 1.29 is 0 Å². The Hall–Kier alpha value is 0. The standard InChI is InChI=1S/C24H44/c1-2-3-4-5-6-7-8-9-12-20-15-18-24-22(19-20)17-16-21-13-10-11-14-23(21)24/h20-24H,2-19H2,1H3. The van der Waals surface area contributed by atoms with Gasteiger partial charge in [-0.05, 0) is 61.7 Å². The molecule has 0 nitrogen and oxygen atoms in total. The number of hydrogen-bond donors (Lipinski definition) is 0. The lowest BCUT2D eigenvalue weighted by Gasteiger charge is -2.49. The van der Waals surface area contributed by atoms with E-state index in [4.69, 9.17) is 0 Å². The second kappa shape index (κ2) is 10.2. The van der Waals surface area contributed by atoms with Gasteiger partial charge in [0, 0.05) is 0 Å². The average Bonchev–Trinajstić information content (AvgIpc) is 2.63. The molecule has 0 aromatic carbocycles. The number of unbranched alkanes of at least 4 members (excludes halogenated alkanes) is 7. The summed E-state index contributed by atoms with van der Waals surface area (Å²) in [6.45, 7) is 2.31. The topological polar surface area (TPSA) is 0 Å². The van der Waals surface area contributed by atoms with Crippen LogP contribution >= 0.6 is 0 Å². The second-order valence-corrected chi connectivity index (χ2v) is 9.65. The summed E-state index contributed by atoms with van der Waals surface area (Å²) in [6, 6.07) is 0. The monoisotopic (exact) mass is 332 g/mol. The smallest absolute Gasteiger partial charge is 0.0355 e. The average molecular weight is 333 g/mol. The molecule has 0 spiro atoms. The summed E-state index contributed by atoms with van der Waals surface area (Å²) in [6.07, 6.45) is 27.7. The van der Waals surface area contributed by atoms with Crippen LogP contribution in [0, 0.1) is 29.6 Å². The van der Waals surface area contributed by atoms with Crippen LogP contribution in [0.1, 0.15) is 122 Å². The van der Waals surface area contributed by atoms with Crippen molar-refractivity contribution in [3.63, 3.8) is 0 Å². The zero-order valence-corrected chi connectivity index (χ0v) is 16.6. The second-order valence-electron chi connectivity index (χ2n) is 9.65. The maximum Gasteiger partial charge on any atom is -0.0355 e. The summed E-state index contributed by atoms with van der Waals surface area (Å²) >= 11 is 0. The van der Waals surface area contributed by atoms with Gasteiger partial charge < -0.3 is 0 Å². The highest BCUT2D eigenvalue weighted by Gasteiger charge is 2.42. The number of hydrogen-bond acceptors (Lipinski definition) is 0. The molecule has 0 bridgehead atoms. The van der Waals surface area contributed by atoms with Gasteiger partial charge in [0.05, 0.1) is 0 Å². The van der Waals surface area contributed by atoms with E-state index in [-0.39, 0.29) is 0 Å². The predicted octanol–water partition coefficient (Wildman–Crippen LogP) is 8.15. The van der Waals surface area contributed by atoms with E-state index in [0.29, 0.717) is 0 Å². The van der Waals surface area contributed by atoms with Crippen LogP contribution in [0.2, 0.25) is 0 Å². The zero-order valence-electron chi connectivity index (χ0n) is 16.6. The Morgan fingerprint density at radius 1 is 0.583 bits per heavy atom. The molecule has 0 amide bonds. The lowest BCUT2D eigenvalue weighted by atomic mass is 9.56. The minimum atomic E-state index is 1.10. The maximum atomic E-state index is 2.31. The number of rotatable bonds is 9. The Bertz CT molecular complexity index is 333. The summed E-state index contributed by atoms with van der Waals surface area (Å²) in [7, 11) is 0. The maximum absolute atomic E-state index is 2.31. The first-order chi connectivity index (χ1) is 11.9. The molecule has 24 heavy (non-hydrogen) atoms. The lowest BCUT2D eigenvalue weighted by Crippen LogP contribution is -2.40. The third-order valence-electron chi connectivity index (χ3n) is 8.04. The molecule has 0 radical (unpaired) electrons. The Kier molecular flexibility index (Phi) is 8.00. The fourth-order valence-corrected chi connectivity index (χ4v) is 6.70. The van der Waals surface area contributed by atoms with Gasteiger partial charge in [0.2, 0.25) is 0 Å². The highest BCUT2D eigenvalue weighted by atomic mass is 14.5. The first-order valence-corrected chi connectivity index (χ1v) is 11.9. The van der Waals surface area contributed by atoms with Crippen molar-refractivity contribution in [2.24, 2.45) is 29.6 Å². The van der Waals surface area contributed by atoms with Gasteiger partial charge in [-0.25, -0.2) is 0 Å². The summed E-state index contributed by atoms with van der Waals surface area (Å²) in [5.74, 6) is 5.69. The minimum Gasteiger partial charge on any atom is -0.0654 e. The van der Waals surface area contributed by atoms with Crippen LogP contribution in [0.4, 0.5) is 0 Å². The molecule has 0 aliphatic heterocycles. The van der Waals surface area contributed by atoms with Gasteiger partial charge >= 0.3 is 0 Å². The molecule has 140 valence electrons. The van der Waals surface area contributed by atoms with Crippen LogP contribution in [0.5, 0.6) is 0 Å². The SMILES string of the molecule is CCCCCCCCCCC1CCC2C(CCC3CCCCC32)C1. The van der Waals surface area contributed by atoms with Crippen molar-refractivity contribution in [2.45, 2.75) is 122 Å². The number of fused-ring (bicyclic) bond motifs is 3. The summed E-state index contributed by atoms with van der Waals surface area (Å²) in [5, 5.41) is 0. The lowest BCUT2D eigenvalue weighted by molar-refractivity contribution is 0.0101. The van der Waals surface area contributed by atoms with Crippen LogP contribution in [0.25, 0.3) is 0 Å². The van der Waals surface area contributed by atoms with E-state index in [0.717, 1.165) is 29.6 Å². The molecule has 5 atom stereocenters. The van der Waals surface area contributed by atoms with Crippen LogP contribution < -0.4 is 0 Å². The Morgan fingerprint density at radius 2 is 1.25 bits per heavy atom. The fraction of sp³-hybridized carbons (Fsp3) is 1.00. The van der Waals surface area contributed by atoms with Crippen LogP contribution in [-0.2, 0) is 0 Å². The first-order valence-electron chi connectivity index (χ1n) is 11.9. The zero-order chi connectivity index (χ0) is 16.6. The third-order valence-corrected chi connectivity index (χ3v) is 8.04. The van der Waals surface area contributed by atoms with Gasteiger partial charge in [0.15, 0.2) is 0 Å². The van der Waals surface area contributed by atoms with Gasteiger partial charge in [-0.3, -0.25) is 0 Å². The normalized spacial score (nSPS) is 36.1. The van der Waals surface area contributed by atoms with Crippen molar-refractivity contribution in [2.75, 3.05) is 0 Å². The van der Waals surface area contributed by atoms with Crippen molar-refractivity contribution >= 4 is 0 Å². The Labute approximate surface area is 152 Å². The molecular weight excluding hydrogens is 288 g/mol. The molecular formula is C24H44. The predicted molar refractivity (Wildman–Crippen MR) is 106 cm³/mol. The first kappa shape index (κ1) is 18.8. The van der Waals surface area contributed by atoms with E-state index >= 15 is 0 Å². The van der Waals surface area contributed by atoms with E-state index in [1.54, 1.807) is 64.2 Å². The molecule has 3 aliphatic rings. The quantitative estimate of drug-likeness (QED) is 0.374. The van der Waals surface area contributed by atoms with Gasteiger partial charge in [-0.15, -0.1) is 0 Å². The molecule has 0 aromatic heterocycles. The van der Waals surface area contributed by atoms with Gasteiger partial charge in [0.25, 0.3) is 0 Å². The molecule has 3 rings (SSSR count). The molecule has 3 saturated carbocycles. The van der Waals surface area contributed by atoms with E-state index in [1.807, 2.05) is 0 Å². The molecule has 3 aliphatic carbocycles. The van der Waals surface area contributed by atoms with E-state index in [2.05, 4.69) is 6.92 Å². The van der Waals surface area contributed by atoms with Crippen molar-refractivity contribution in [1.29, 1.82) is 0 Å². The summed E-state index contributed by atoms with van der Waals surface area (Å²) in [5.41, 5.74) is 0. The third kappa shape index (κ3) is 5.25. The van der Waals surface area contributed by atoms with Gasteiger partial charge in [-0.1, -0.05) is 90.4 Å². The van der Waals surface area contributed by atoms with Gasteiger partial charge in [-0.2, -0.15) is 0 Å². The van der Waals surface area contributed by atoms with Crippen LogP contribution in [0.3, 0.4) is 0 Å². The van der Waals surface area contributed by atoms with Gasteiger partial charge in [0.1, 0.15) is 0 Å². The fourth-order valence-electron chi connectivity index (χ4n) is 6.70. The minimum absolute atomic E-state index is 1.10. The van der Waals surface area contributed by atoms with E-state index in [1.165, 1.54) is 51.4 Å². The van der Waals surface area contributed by atoms with E-state index < -0.39 is 0 Å². The summed E-state index contributed by atoms with van der Waals surface area (Å²) in [4.78, 5) is 0. The van der Waals surface area contributed by atoms with Crippen molar-refractivity contribution in [1.82, 2.24) is 0 Å². The van der Waals surface area contributed by atoms with Crippen molar-refractivity contribution in [3.8, 4) is 0 Å². The molecule has 0 N–H and O–H groups in total. The Balaban J connectivity index is 1.29. The van der Waals surface area contributed by atoms with Crippen LogP contribution in [0.15, 0.2) is 0 Å². The molecule has 0 heterocycles. The molecule has 0 aromatic rings. The molecule has 5 unspecified atom stereocenters. The molecule has 3 fully saturated rings. The highest BCUT2D eigenvalue weighted by Crippen LogP contribution is 2.52. The Morgan fingerprint density at radius 3 is 2.08 bits per heavy atom. The highest BCUT2D eigenvalue weighted by molar-refractivity contribution is 4.92. The molecule has 0 saturated heterocycles. The largest absolute Gasteiger partial charge is 0.0654 e. The van der Waals surface area contributed by atoms with Crippen molar-refractivity contribution in [3.05, 3.63) is 0 Å². The van der Waals surface area contributed by atoms with E-state index in [9.17, 15) is 0 Å².